The third-order valence-corrected chi connectivity index (χ3v) is 3.85. The summed E-state index contributed by atoms with van der Waals surface area (Å²) in [5.41, 5.74) is -0.813. The lowest BCUT2D eigenvalue weighted by molar-refractivity contribution is -0.142. The van der Waals surface area contributed by atoms with Crippen LogP contribution in [0.1, 0.15) is 18.5 Å². The molecule has 0 saturated carbocycles. The lowest BCUT2D eigenvalue weighted by atomic mass is 10.1. The number of piperidine rings is 1. The summed E-state index contributed by atoms with van der Waals surface area (Å²) in [4.78, 5) is 3.73. The number of hydrogen-bond acceptors (Lipinski definition) is 4. The minimum atomic E-state index is -4.61. The van der Waals surface area contributed by atoms with Gasteiger partial charge in [-0.2, -0.15) is 13.2 Å². The third-order valence-electron chi connectivity index (χ3n) is 3.85. The van der Waals surface area contributed by atoms with Gasteiger partial charge in [-0.05, 0) is 38.1 Å². The molecule has 1 aliphatic rings. The number of halogens is 3. The molecular formula is C16H17F3N2O2. The van der Waals surface area contributed by atoms with E-state index in [0.29, 0.717) is 5.39 Å². The van der Waals surface area contributed by atoms with Crippen LogP contribution in [0.25, 0.3) is 10.9 Å². The first-order valence-corrected chi connectivity index (χ1v) is 7.42. The van der Waals surface area contributed by atoms with Crippen LogP contribution in [0.15, 0.2) is 24.3 Å². The van der Waals surface area contributed by atoms with Crippen LogP contribution in [-0.2, 0) is 6.18 Å². The number of para-hydroxylation sites is 1. The molecule has 0 amide bonds. The molecule has 23 heavy (non-hydrogen) atoms. The van der Waals surface area contributed by atoms with E-state index in [4.69, 9.17) is 9.47 Å². The maximum Gasteiger partial charge on any atom is 0.437 e. The molecule has 1 aromatic heterocycles. The average Bonchev–Trinajstić information content (AvgIpc) is 2.54. The topological polar surface area (TPSA) is 43.4 Å². The van der Waals surface area contributed by atoms with E-state index in [9.17, 15) is 13.2 Å². The molecule has 7 heteroatoms. The van der Waals surface area contributed by atoms with Crippen LogP contribution < -0.4 is 14.8 Å². The first-order chi connectivity index (χ1) is 11.0. The Balaban J connectivity index is 2.15. The normalized spacial score (nSPS) is 16.5. The summed E-state index contributed by atoms with van der Waals surface area (Å²) in [5.74, 6) is -0.230. The van der Waals surface area contributed by atoms with Crippen molar-refractivity contribution >= 4 is 10.9 Å². The highest BCUT2D eigenvalue weighted by atomic mass is 19.4. The molecule has 2 aromatic rings. The summed E-state index contributed by atoms with van der Waals surface area (Å²) < 4.78 is 50.9. The maximum atomic E-state index is 13.3. The minimum Gasteiger partial charge on any atom is -0.491 e. The van der Waals surface area contributed by atoms with Gasteiger partial charge in [0, 0.05) is 5.39 Å². The number of methoxy groups -OCH3 is 1. The SMILES string of the molecule is COc1c(C(F)(F)F)nc2ccccc2c1OC1CCNCC1. The van der Waals surface area contributed by atoms with Crippen molar-refractivity contribution in [3.05, 3.63) is 30.0 Å². The van der Waals surface area contributed by atoms with Crippen LogP contribution in [0.3, 0.4) is 0 Å². The minimum absolute atomic E-state index is 0.123. The summed E-state index contributed by atoms with van der Waals surface area (Å²) >= 11 is 0. The summed E-state index contributed by atoms with van der Waals surface area (Å²) in [6.07, 6.45) is -3.28. The predicted octanol–water partition coefficient (Wildman–Crippen LogP) is 3.39. The van der Waals surface area contributed by atoms with Gasteiger partial charge >= 0.3 is 6.18 Å². The Morgan fingerprint density at radius 3 is 2.48 bits per heavy atom. The van der Waals surface area contributed by atoms with Crippen molar-refractivity contribution in [1.29, 1.82) is 0 Å². The lowest BCUT2D eigenvalue weighted by Gasteiger charge is -2.26. The molecule has 2 heterocycles. The molecule has 124 valence electrons. The van der Waals surface area contributed by atoms with E-state index in [-0.39, 0.29) is 23.1 Å². The van der Waals surface area contributed by atoms with Gasteiger partial charge in [0.25, 0.3) is 0 Å². The van der Waals surface area contributed by atoms with Gasteiger partial charge in [0.05, 0.1) is 12.6 Å². The van der Waals surface area contributed by atoms with E-state index in [1.54, 1.807) is 24.3 Å². The Morgan fingerprint density at radius 2 is 1.83 bits per heavy atom. The molecule has 1 aliphatic heterocycles. The Morgan fingerprint density at radius 1 is 1.13 bits per heavy atom. The second kappa shape index (κ2) is 6.23. The van der Waals surface area contributed by atoms with Gasteiger partial charge in [0.15, 0.2) is 17.2 Å². The number of nitrogens with one attached hydrogen (secondary N) is 1. The standard InChI is InChI=1S/C16H17F3N2O2/c1-22-14-13(23-10-6-8-20-9-7-10)11-4-2-3-5-12(11)21-15(14)16(17,18)19/h2-5,10,20H,6-9H2,1H3. The highest BCUT2D eigenvalue weighted by Gasteiger charge is 2.39. The fourth-order valence-electron chi connectivity index (χ4n) is 2.74. The molecular weight excluding hydrogens is 309 g/mol. The highest BCUT2D eigenvalue weighted by molar-refractivity contribution is 5.88. The van der Waals surface area contributed by atoms with Gasteiger partial charge in [0.1, 0.15) is 6.10 Å². The lowest BCUT2D eigenvalue weighted by Crippen LogP contribution is -2.34. The zero-order valence-corrected chi connectivity index (χ0v) is 12.6. The predicted molar refractivity (Wildman–Crippen MR) is 79.8 cm³/mol. The van der Waals surface area contributed by atoms with E-state index in [2.05, 4.69) is 10.3 Å². The molecule has 1 N–H and O–H groups in total. The number of hydrogen-bond donors (Lipinski definition) is 1. The molecule has 0 unspecified atom stereocenters. The second-order valence-electron chi connectivity index (χ2n) is 5.40. The van der Waals surface area contributed by atoms with Crippen molar-refractivity contribution in [2.24, 2.45) is 0 Å². The second-order valence-corrected chi connectivity index (χ2v) is 5.40. The summed E-state index contributed by atoms with van der Waals surface area (Å²) in [7, 11) is 1.20. The van der Waals surface area contributed by atoms with Gasteiger partial charge in [-0.25, -0.2) is 4.98 Å². The quantitative estimate of drug-likeness (QED) is 0.939. The molecule has 1 aromatic carbocycles. The van der Waals surface area contributed by atoms with Gasteiger partial charge in [0.2, 0.25) is 0 Å². The smallest absolute Gasteiger partial charge is 0.437 e. The molecule has 0 bridgehead atoms. The van der Waals surface area contributed by atoms with Crippen LogP contribution in [0.5, 0.6) is 11.5 Å². The zero-order chi connectivity index (χ0) is 16.4. The van der Waals surface area contributed by atoms with Gasteiger partial charge in [-0.15, -0.1) is 0 Å². The van der Waals surface area contributed by atoms with E-state index in [1.165, 1.54) is 7.11 Å². The molecule has 1 saturated heterocycles. The third kappa shape index (κ3) is 3.19. The molecule has 0 atom stereocenters. The molecule has 0 radical (unpaired) electrons. The van der Waals surface area contributed by atoms with E-state index < -0.39 is 11.9 Å². The number of nitrogens with zero attached hydrogens (tertiary/aromatic N) is 1. The van der Waals surface area contributed by atoms with E-state index >= 15 is 0 Å². The Hall–Kier alpha value is -2.02. The van der Waals surface area contributed by atoms with Crippen LogP contribution in [0.2, 0.25) is 0 Å². The van der Waals surface area contributed by atoms with Crippen molar-refractivity contribution in [3.63, 3.8) is 0 Å². The Kier molecular flexibility index (Phi) is 4.30. The molecule has 4 nitrogen and oxygen atoms in total. The van der Waals surface area contributed by atoms with Gasteiger partial charge in [-0.1, -0.05) is 12.1 Å². The first kappa shape index (κ1) is 15.9. The van der Waals surface area contributed by atoms with Crippen molar-refractivity contribution in [2.75, 3.05) is 20.2 Å². The highest BCUT2D eigenvalue weighted by Crippen LogP contribution is 2.44. The van der Waals surface area contributed by atoms with Crippen LogP contribution >= 0.6 is 0 Å². The summed E-state index contributed by atoms with van der Waals surface area (Å²) in [5, 5.41) is 3.72. The number of ether oxygens (including phenoxy) is 2. The van der Waals surface area contributed by atoms with Crippen LogP contribution in [-0.4, -0.2) is 31.3 Å². The van der Waals surface area contributed by atoms with Crippen molar-refractivity contribution in [2.45, 2.75) is 25.1 Å². The number of aromatic nitrogens is 1. The van der Waals surface area contributed by atoms with E-state index in [1.807, 2.05) is 0 Å². The zero-order valence-electron chi connectivity index (χ0n) is 12.6. The number of pyridine rings is 1. The van der Waals surface area contributed by atoms with E-state index in [0.717, 1.165) is 25.9 Å². The van der Waals surface area contributed by atoms with Crippen molar-refractivity contribution in [1.82, 2.24) is 10.3 Å². The number of rotatable bonds is 3. The van der Waals surface area contributed by atoms with Crippen LogP contribution in [0.4, 0.5) is 13.2 Å². The Labute approximate surface area is 131 Å². The summed E-state index contributed by atoms with van der Waals surface area (Å²) in [6.45, 7) is 1.56. The Bertz CT molecular complexity index is 698. The fourth-order valence-corrected chi connectivity index (χ4v) is 2.74. The monoisotopic (exact) mass is 326 g/mol. The van der Waals surface area contributed by atoms with Gasteiger partial charge in [-0.3, -0.25) is 0 Å². The van der Waals surface area contributed by atoms with Crippen LogP contribution in [0, 0.1) is 0 Å². The fraction of sp³-hybridized carbons (Fsp3) is 0.438. The van der Waals surface area contributed by atoms with Crippen molar-refractivity contribution < 1.29 is 22.6 Å². The molecule has 3 rings (SSSR count). The maximum absolute atomic E-state index is 13.3. The largest absolute Gasteiger partial charge is 0.491 e. The number of fused-ring (bicyclic) bond motifs is 1. The molecule has 1 fully saturated rings. The molecule has 0 spiro atoms. The average molecular weight is 326 g/mol. The number of alkyl halides is 3. The van der Waals surface area contributed by atoms with Gasteiger partial charge < -0.3 is 14.8 Å². The van der Waals surface area contributed by atoms with Crippen molar-refractivity contribution in [3.8, 4) is 11.5 Å². The first-order valence-electron chi connectivity index (χ1n) is 7.42. The summed E-state index contributed by atoms with van der Waals surface area (Å²) in [6, 6.07) is 6.63. The number of benzene rings is 1. The molecule has 0 aliphatic carbocycles.